The van der Waals surface area contributed by atoms with Crippen LogP contribution in [0, 0.1) is 19.3 Å². The zero-order valence-electron chi connectivity index (χ0n) is 31.1. The van der Waals surface area contributed by atoms with Gasteiger partial charge in [0, 0.05) is 48.5 Å². The third kappa shape index (κ3) is 8.12. The summed E-state index contributed by atoms with van der Waals surface area (Å²) in [7, 11) is 0. The number of amides is 1. The van der Waals surface area contributed by atoms with E-state index in [1.54, 1.807) is 19.3 Å². The Labute approximate surface area is 310 Å². The van der Waals surface area contributed by atoms with Gasteiger partial charge in [0.25, 0.3) is 0 Å². The highest BCUT2D eigenvalue weighted by Gasteiger charge is 2.49. The highest BCUT2D eigenvalue weighted by Crippen LogP contribution is 2.39. The Hall–Kier alpha value is -4.88. The van der Waals surface area contributed by atoms with Gasteiger partial charge in [-0.25, -0.2) is 19.3 Å². The van der Waals surface area contributed by atoms with Crippen LogP contribution in [0.4, 0.5) is 17.6 Å². The van der Waals surface area contributed by atoms with Crippen LogP contribution in [0.3, 0.4) is 0 Å². The number of halogens is 4. The van der Waals surface area contributed by atoms with Crippen molar-refractivity contribution in [2.45, 2.75) is 117 Å². The molecule has 4 aromatic rings. The fourth-order valence-electron chi connectivity index (χ4n) is 7.63. The Morgan fingerprint density at radius 1 is 0.963 bits per heavy atom. The van der Waals surface area contributed by atoms with Gasteiger partial charge in [0.15, 0.2) is 11.6 Å². The number of pyridine rings is 1. The molecule has 0 unspecified atom stereocenters. The van der Waals surface area contributed by atoms with Crippen LogP contribution in [0.2, 0.25) is 0 Å². The van der Waals surface area contributed by atoms with E-state index in [4.69, 9.17) is 0 Å². The zero-order valence-corrected chi connectivity index (χ0v) is 31.1. The number of hydrogen-bond donors (Lipinski definition) is 0. The first kappa shape index (κ1) is 38.8. The quantitative estimate of drug-likeness (QED) is 0.153. The molecule has 1 aromatic carbocycles. The molecule has 286 valence electrons. The summed E-state index contributed by atoms with van der Waals surface area (Å²) in [5.41, 5.74) is -0.775. The van der Waals surface area contributed by atoms with E-state index in [0.717, 1.165) is 46.9 Å². The van der Waals surface area contributed by atoms with Crippen molar-refractivity contribution in [3.8, 4) is 11.1 Å². The standard InChI is InChI=1S/C40H44F4N6O4/c1-23-10-11-33(40(42,43)44)47-30(23)17-32(52)31-18-39(41)14-12-34(53)38(4,5)13-8-6-7-9-26-15-27(28-19-45-25(3)46-20-28)16-29-36(24(2)51)48-50(37(26)29)21-35(54)49(31)22-39/h10-11,15-16,19-20,31H,6-9,12-14,17-18,21-22H2,1-5H3/t31-,39+/m0/s1. The number of hydrogen-bond acceptors (Lipinski definition) is 8. The monoisotopic (exact) mass is 748 g/mol. The van der Waals surface area contributed by atoms with Crippen molar-refractivity contribution in [2.75, 3.05) is 6.54 Å². The molecule has 2 bridgehead atoms. The molecule has 3 aromatic heterocycles. The van der Waals surface area contributed by atoms with E-state index in [9.17, 15) is 32.3 Å². The van der Waals surface area contributed by atoms with Crippen molar-refractivity contribution in [2.24, 2.45) is 5.41 Å². The molecule has 1 amide bonds. The Morgan fingerprint density at radius 3 is 2.37 bits per heavy atom. The second-order valence-corrected chi connectivity index (χ2v) is 15.5. The average Bonchev–Trinajstić information content (AvgIpc) is 3.66. The molecule has 1 saturated heterocycles. The number of fused-ring (bicyclic) bond motifs is 2. The number of ketones is 3. The SMILES string of the molecule is CC(=O)c1nn2c3c(cc(-c4cnc(C)nc4)cc13)CCCCCC(C)(C)C(=O)CC[C@@]1(F)C[C@@H](C(=O)Cc3nc(C(F)(F)F)ccc3C)N(C1)C(=O)C2. The van der Waals surface area contributed by atoms with E-state index >= 15 is 4.39 Å². The van der Waals surface area contributed by atoms with Gasteiger partial charge in [-0.3, -0.25) is 23.9 Å². The van der Waals surface area contributed by atoms with E-state index in [2.05, 4.69) is 20.1 Å². The number of aromatic nitrogens is 5. The lowest BCUT2D eigenvalue weighted by molar-refractivity contribution is -0.141. The van der Waals surface area contributed by atoms with Gasteiger partial charge in [0.1, 0.15) is 35.2 Å². The molecule has 54 heavy (non-hydrogen) atoms. The fraction of sp³-hybridized carbons (Fsp3) is 0.500. The minimum Gasteiger partial charge on any atom is -0.328 e. The predicted octanol–water partition coefficient (Wildman–Crippen LogP) is 7.34. The van der Waals surface area contributed by atoms with Crippen molar-refractivity contribution >= 4 is 34.2 Å². The third-order valence-corrected chi connectivity index (χ3v) is 10.9. The largest absolute Gasteiger partial charge is 0.433 e. The average molecular weight is 749 g/mol. The van der Waals surface area contributed by atoms with Crippen molar-refractivity contribution in [3.05, 3.63) is 70.7 Å². The molecule has 10 nitrogen and oxygen atoms in total. The van der Waals surface area contributed by atoms with Gasteiger partial charge in [-0.2, -0.15) is 18.3 Å². The molecule has 2 aliphatic heterocycles. The predicted molar refractivity (Wildman–Crippen MR) is 192 cm³/mol. The summed E-state index contributed by atoms with van der Waals surface area (Å²) in [5, 5.41) is 5.12. The smallest absolute Gasteiger partial charge is 0.328 e. The van der Waals surface area contributed by atoms with Crippen molar-refractivity contribution in [1.82, 2.24) is 29.6 Å². The number of Topliss-reactive ketones (excluding diaryl/α,β-unsaturated/α-hetero) is 3. The van der Waals surface area contributed by atoms with Crippen LogP contribution < -0.4 is 0 Å². The van der Waals surface area contributed by atoms with Crippen LogP contribution in [0.1, 0.15) is 105 Å². The summed E-state index contributed by atoms with van der Waals surface area (Å²) in [5.74, 6) is -1.17. The van der Waals surface area contributed by atoms with Gasteiger partial charge < -0.3 is 4.90 Å². The number of alkyl halides is 4. The number of nitrogens with zero attached hydrogens (tertiary/aromatic N) is 6. The molecule has 1 fully saturated rings. The first-order valence-electron chi connectivity index (χ1n) is 18.3. The normalized spacial score (nSPS) is 21.4. The van der Waals surface area contributed by atoms with Crippen molar-refractivity contribution < 1.29 is 36.7 Å². The van der Waals surface area contributed by atoms with Gasteiger partial charge >= 0.3 is 6.18 Å². The molecule has 2 aliphatic rings. The van der Waals surface area contributed by atoms with Crippen LogP contribution in [-0.4, -0.2) is 71.1 Å². The van der Waals surface area contributed by atoms with Crippen LogP contribution >= 0.6 is 0 Å². The summed E-state index contributed by atoms with van der Waals surface area (Å²) in [6.45, 7) is 7.44. The second kappa shape index (κ2) is 14.7. The van der Waals surface area contributed by atoms with Crippen LogP contribution in [0.25, 0.3) is 22.0 Å². The van der Waals surface area contributed by atoms with E-state index < -0.39 is 66.6 Å². The maximum Gasteiger partial charge on any atom is 0.433 e. The lowest BCUT2D eigenvalue weighted by atomic mass is 9.79. The third-order valence-electron chi connectivity index (χ3n) is 10.9. The summed E-state index contributed by atoms with van der Waals surface area (Å²) in [4.78, 5) is 68.2. The zero-order chi connectivity index (χ0) is 39.2. The van der Waals surface area contributed by atoms with Crippen LogP contribution in [-0.2, 0) is 39.9 Å². The van der Waals surface area contributed by atoms with E-state index in [1.165, 1.54) is 24.6 Å². The minimum absolute atomic E-state index is 0.0978. The Balaban J connectivity index is 1.43. The van der Waals surface area contributed by atoms with E-state index in [-0.39, 0.29) is 35.8 Å². The molecule has 2 atom stereocenters. The van der Waals surface area contributed by atoms with Crippen LogP contribution in [0.5, 0.6) is 0 Å². The van der Waals surface area contributed by atoms with Gasteiger partial charge in [-0.1, -0.05) is 32.8 Å². The maximum atomic E-state index is 16.8. The molecule has 0 aliphatic carbocycles. The summed E-state index contributed by atoms with van der Waals surface area (Å²) in [6, 6.07) is 4.50. The molecule has 6 rings (SSSR count). The Kier molecular flexibility index (Phi) is 10.6. The molecule has 0 spiro atoms. The Bertz CT molecular complexity index is 2130. The second-order valence-electron chi connectivity index (χ2n) is 15.5. The summed E-state index contributed by atoms with van der Waals surface area (Å²) < 4.78 is 58.9. The maximum absolute atomic E-state index is 16.8. The molecule has 0 saturated carbocycles. The fourth-order valence-corrected chi connectivity index (χ4v) is 7.63. The van der Waals surface area contributed by atoms with Crippen molar-refractivity contribution in [3.63, 3.8) is 0 Å². The number of carbonyl (C=O) groups is 4. The van der Waals surface area contributed by atoms with Crippen LogP contribution in [0.15, 0.2) is 36.7 Å². The van der Waals surface area contributed by atoms with Gasteiger partial charge in [0.05, 0.1) is 30.2 Å². The molecule has 5 heterocycles. The topological polar surface area (TPSA) is 128 Å². The lowest BCUT2D eigenvalue weighted by Gasteiger charge is -2.26. The van der Waals surface area contributed by atoms with Gasteiger partial charge in [-0.05, 0) is 74.4 Å². The minimum atomic E-state index is -4.74. The van der Waals surface area contributed by atoms with E-state index in [0.29, 0.717) is 35.1 Å². The highest BCUT2D eigenvalue weighted by atomic mass is 19.4. The molecule has 0 N–H and O–H groups in total. The number of rotatable bonds is 5. The summed E-state index contributed by atoms with van der Waals surface area (Å²) >= 11 is 0. The summed E-state index contributed by atoms with van der Waals surface area (Å²) in [6.07, 6.45) is 0.779. The van der Waals surface area contributed by atoms with E-state index in [1.807, 2.05) is 26.0 Å². The number of benzene rings is 1. The molecular weight excluding hydrogens is 704 g/mol. The van der Waals surface area contributed by atoms with Gasteiger partial charge in [-0.15, -0.1) is 0 Å². The first-order valence-corrected chi connectivity index (χ1v) is 18.3. The first-order chi connectivity index (χ1) is 25.3. The van der Waals surface area contributed by atoms with Gasteiger partial charge in [0.2, 0.25) is 5.91 Å². The Morgan fingerprint density at radius 2 is 1.69 bits per heavy atom. The van der Waals surface area contributed by atoms with Crippen molar-refractivity contribution in [1.29, 1.82) is 0 Å². The molecule has 14 heteroatoms. The highest BCUT2D eigenvalue weighted by molar-refractivity contribution is 6.07. The molecular formula is C40H44F4N6O4. The number of carbonyl (C=O) groups excluding carboxylic acids is 4. The number of aryl methyl sites for hydroxylation is 3. The lowest BCUT2D eigenvalue weighted by Crippen LogP contribution is -2.43. The molecule has 0 radical (unpaired) electrons.